The van der Waals surface area contributed by atoms with Crippen LogP contribution in [-0.2, 0) is 9.73 Å². The summed E-state index contributed by atoms with van der Waals surface area (Å²) >= 11 is 0. The molecule has 0 unspecified atom stereocenters. The molecule has 1 amide bonds. The number of carbonyl (C=O) groups is 1. The lowest BCUT2D eigenvalue weighted by atomic mass is 10.1. The molecule has 182 valence electrons. The monoisotopic (exact) mass is 492 g/mol. The molecule has 35 heavy (non-hydrogen) atoms. The van der Waals surface area contributed by atoms with Gasteiger partial charge in [-0.2, -0.15) is 9.35 Å². The van der Waals surface area contributed by atoms with Gasteiger partial charge in [-0.1, -0.05) is 12.1 Å². The number of carbonyl (C=O) groups excluding carboxylic acids is 1. The minimum Gasteiger partial charge on any atom is -0.371 e. The van der Waals surface area contributed by atoms with Gasteiger partial charge in [-0.05, 0) is 42.8 Å². The summed E-state index contributed by atoms with van der Waals surface area (Å²) in [5.74, 6) is 0.937. The number of hydrogen-bond donors (Lipinski definition) is 3. The smallest absolute Gasteiger partial charge is 0.256 e. The molecular weight excluding hydrogens is 464 g/mol. The van der Waals surface area contributed by atoms with Crippen molar-refractivity contribution in [1.82, 2.24) is 20.3 Å². The second kappa shape index (κ2) is 10.5. The minimum atomic E-state index is -2.37. The lowest BCUT2D eigenvalue weighted by Gasteiger charge is -2.33. The lowest BCUT2D eigenvalue weighted by Crippen LogP contribution is -2.36. The molecule has 3 N–H and O–H groups in total. The summed E-state index contributed by atoms with van der Waals surface area (Å²) in [6.45, 7) is 6.08. The van der Waals surface area contributed by atoms with Crippen molar-refractivity contribution < 1.29 is 9.00 Å². The van der Waals surface area contributed by atoms with E-state index in [9.17, 15) is 9.00 Å². The van der Waals surface area contributed by atoms with Crippen molar-refractivity contribution >= 4 is 50.4 Å². The zero-order valence-electron chi connectivity index (χ0n) is 19.7. The Kier molecular flexibility index (Phi) is 7.25. The highest BCUT2D eigenvalue weighted by Gasteiger charge is 2.17. The van der Waals surface area contributed by atoms with E-state index in [0.29, 0.717) is 24.1 Å². The lowest BCUT2D eigenvalue weighted by molar-refractivity contribution is 0.0958. The number of pyridine rings is 1. The van der Waals surface area contributed by atoms with E-state index < -0.39 is 9.73 Å². The fraction of sp³-hybridized carbons (Fsp3) is 0.250. The third-order valence-corrected chi connectivity index (χ3v) is 5.71. The van der Waals surface area contributed by atoms with E-state index >= 15 is 0 Å². The topological polar surface area (TPSA) is 125 Å². The van der Waals surface area contributed by atoms with Gasteiger partial charge in [0.2, 0.25) is 5.95 Å². The molecule has 0 radical (unpaired) electrons. The van der Waals surface area contributed by atoms with Crippen LogP contribution in [0.5, 0.6) is 0 Å². The summed E-state index contributed by atoms with van der Waals surface area (Å²) in [4.78, 5) is 28.2. The zero-order valence-corrected chi connectivity index (χ0v) is 20.5. The maximum absolute atomic E-state index is 12.7. The van der Waals surface area contributed by atoms with Crippen LogP contribution in [0.1, 0.15) is 16.8 Å². The molecule has 2 aromatic heterocycles. The Labute approximate surface area is 205 Å². The Bertz CT molecular complexity index is 1340. The number of benzene rings is 1. The highest BCUT2D eigenvalue weighted by atomic mass is 32.2. The first kappa shape index (κ1) is 24.1. The molecule has 1 aromatic carbocycles. The number of amides is 1. The Hall–Kier alpha value is -3.99. The Morgan fingerprint density at radius 1 is 1.14 bits per heavy atom. The van der Waals surface area contributed by atoms with E-state index in [2.05, 4.69) is 58.9 Å². The molecule has 1 fully saturated rings. The van der Waals surface area contributed by atoms with Crippen molar-refractivity contribution in [1.29, 1.82) is 0 Å². The Morgan fingerprint density at radius 2 is 1.91 bits per heavy atom. The standard InChI is InChI=1S/C24H28N8O2S/c1-4-13-25-23(33)19-16-26-24(27-17-9-11-18(12-10-17)32-14-6-15-32)30-22(19)29-20-7-5-8-21(28-20)31-35(2,3)34/h4-5,7-12,16H,1,6,13-15H2,2-3H3,(H,25,33)(H2,26,27,28,29,30). The predicted octanol–water partition coefficient (Wildman–Crippen LogP) is 3.84. The number of anilines is 5. The fourth-order valence-electron chi connectivity index (χ4n) is 3.31. The summed E-state index contributed by atoms with van der Waals surface area (Å²) < 4.78 is 16.2. The number of nitrogens with one attached hydrogen (secondary N) is 3. The normalized spacial score (nSPS) is 12.9. The van der Waals surface area contributed by atoms with Crippen LogP contribution in [0.3, 0.4) is 0 Å². The van der Waals surface area contributed by atoms with Crippen molar-refractivity contribution in [2.24, 2.45) is 4.36 Å². The highest BCUT2D eigenvalue weighted by molar-refractivity contribution is 7.92. The van der Waals surface area contributed by atoms with Gasteiger partial charge in [0.05, 0.1) is 0 Å². The summed E-state index contributed by atoms with van der Waals surface area (Å²) in [6, 6.07) is 13.1. The quantitative estimate of drug-likeness (QED) is 0.385. The first-order valence-corrected chi connectivity index (χ1v) is 13.4. The molecule has 1 saturated heterocycles. The van der Waals surface area contributed by atoms with Gasteiger partial charge in [-0.25, -0.2) is 14.2 Å². The summed E-state index contributed by atoms with van der Waals surface area (Å²) in [7, 11) is -2.37. The molecule has 0 bridgehead atoms. The molecular formula is C24H28N8O2S. The number of aromatic nitrogens is 3. The maximum Gasteiger partial charge on any atom is 0.256 e. The van der Waals surface area contributed by atoms with Gasteiger partial charge in [0.25, 0.3) is 5.91 Å². The van der Waals surface area contributed by atoms with E-state index in [-0.39, 0.29) is 17.3 Å². The van der Waals surface area contributed by atoms with Crippen LogP contribution in [0.4, 0.5) is 34.8 Å². The van der Waals surface area contributed by atoms with E-state index in [4.69, 9.17) is 0 Å². The van der Waals surface area contributed by atoms with Gasteiger partial charge in [0.15, 0.2) is 5.82 Å². The number of nitrogens with zero attached hydrogens (tertiary/aromatic N) is 5. The van der Waals surface area contributed by atoms with Crippen molar-refractivity contribution in [3.63, 3.8) is 0 Å². The van der Waals surface area contributed by atoms with Crippen molar-refractivity contribution in [3.05, 3.63) is 66.9 Å². The molecule has 0 atom stereocenters. The second-order valence-electron chi connectivity index (χ2n) is 8.25. The second-order valence-corrected chi connectivity index (χ2v) is 10.8. The fourth-order valence-corrected chi connectivity index (χ4v) is 3.87. The van der Waals surface area contributed by atoms with Gasteiger partial charge >= 0.3 is 0 Å². The summed E-state index contributed by atoms with van der Waals surface area (Å²) in [6.07, 6.45) is 7.33. The van der Waals surface area contributed by atoms with Crippen molar-refractivity contribution in [2.75, 3.05) is 47.7 Å². The van der Waals surface area contributed by atoms with Crippen LogP contribution < -0.4 is 20.9 Å². The molecule has 0 spiro atoms. The number of hydrogen-bond acceptors (Lipinski definition) is 9. The number of rotatable bonds is 9. The van der Waals surface area contributed by atoms with Crippen LogP contribution in [0, 0.1) is 0 Å². The van der Waals surface area contributed by atoms with Crippen LogP contribution in [-0.4, -0.2) is 57.2 Å². The summed E-state index contributed by atoms with van der Waals surface area (Å²) in [5, 5.41) is 8.99. The van der Waals surface area contributed by atoms with Crippen molar-refractivity contribution in [3.8, 4) is 0 Å². The average Bonchev–Trinajstić information content (AvgIpc) is 2.77. The van der Waals surface area contributed by atoms with E-state index in [1.165, 1.54) is 30.8 Å². The average molecular weight is 493 g/mol. The zero-order chi connectivity index (χ0) is 24.8. The highest BCUT2D eigenvalue weighted by Crippen LogP contribution is 2.25. The first-order chi connectivity index (χ1) is 16.8. The molecule has 1 aliphatic rings. The molecule has 1 aliphatic heterocycles. The SMILES string of the molecule is C=CCNC(=O)c1cnc(Nc2ccc(N3CCC3)cc2)nc1Nc1cccc(N=S(C)(C)=O)n1. The van der Waals surface area contributed by atoms with Gasteiger partial charge in [0.1, 0.15) is 17.2 Å². The third kappa shape index (κ3) is 6.54. The Balaban J connectivity index is 1.61. The van der Waals surface area contributed by atoms with E-state index in [1.54, 1.807) is 24.3 Å². The molecule has 10 nitrogen and oxygen atoms in total. The molecule has 4 rings (SSSR count). The van der Waals surface area contributed by atoms with Crippen LogP contribution in [0.15, 0.2) is 65.7 Å². The van der Waals surface area contributed by atoms with E-state index in [1.807, 2.05) is 12.1 Å². The molecule has 3 aromatic rings. The maximum atomic E-state index is 12.7. The van der Waals surface area contributed by atoms with Gasteiger partial charge in [0, 0.05) is 59.4 Å². The largest absolute Gasteiger partial charge is 0.371 e. The van der Waals surface area contributed by atoms with Gasteiger partial charge in [-0.3, -0.25) is 4.79 Å². The molecule has 11 heteroatoms. The molecule has 0 aliphatic carbocycles. The van der Waals surface area contributed by atoms with Crippen LogP contribution in [0.2, 0.25) is 0 Å². The molecule has 3 heterocycles. The molecule has 0 saturated carbocycles. The van der Waals surface area contributed by atoms with Gasteiger partial charge < -0.3 is 20.9 Å². The van der Waals surface area contributed by atoms with Crippen LogP contribution in [0.25, 0.3) is 0 Å². The van der Waals surface area contributed by atoms with Gasteiger partial charge in [-0.15, -0.1) is 6.58 Å². The minimum absolute atomic E-state index is 0.240. The first-order valence-electron chi connectivity index (χ1n) is 11.1. The Morgan fingerprint density at radius 3 is 2.57 bits per heavy atom. The van der Waals surface area contributed by atoms with Crippen LogP contribution >= 0.6 is 0 Å². The van der Waals surface area contributed by atoms with Crippen molar-refractivity contribution in [2.45, 2.75) is 6.42 Å². The van der Waals surface area contributed by atoms with E-state index in [0.717, 1.165) is 18.8 Å². The predicted molar refractivity (Wildman–Crippen MR) is 141 cm³/mol. The third-order valence-electron chi connectivity index (χ3n) is 5.08. The summed E-state index contributed by atoms with van der Waals surface area (Å²) in [5.41, 5.74) is 2.24.